The summed E-state index contributed by atoms with van der Waals surface area (Å²) in [4.78, 5) is 0. The summed E-state index contributed by atoms with van der Waals surface area (Å²) in [6.45, 7) is 4.97. The van der Waals surface area contributed by atoms with Crippen molar-refractivity contribution >= 4 is 23.5 Å². The van der Waals surface area contributed by atoms with Gasteiger partial charge >= 0.3 is 0 Å². The second kappa shape index (κ2) is 8.08. The van der Waals surface area contributed by atoms with Crippen molar-refractivity contribution < 1.29 is 9.84 Å². The van der Waals surface area contributed by atoms with E-state index in [0.717, 1.165) is 21.3 Å². The molecule has 0 aliphatic heterocycles. The van der Waals surface area contributed by atoms with Crippen LogP contribution < -0.4 is 10.1 Å². The number of ether oxygens (including phenoxy) is 1. The third kappa shape index (κ3) is 5.11. The Bertz CT molecular complexity index is 725. The van der Waals surface area contributed by atoms with Crippen molar-refractivity contribution in [2.45, 2.75) is 44.8 Å². The number of hydrogen-bond donors (Lipinski definition) is 2. The first kappa shape index (κ1) is 18.0. The van der Waals surface area contributed by atoms with E-state index < -0.39 is 6.10 Å². The molecule has 1 aromatic heterocycles. The quantitative estimate of drug-likeness (QED) is 0.757. The van der Waals surface area contributed by atoms with Crippen molar-refractivity contribution in [2.24, 2.45) is 0 Å². The lowest BCUT2D eigenvalue weighted by atomic mass is 9.78. The second-order valence-electron chi connectivity index (χ2n) is 6.79. The molecule has 3 rings (SSSR count). The Balaban J connectivity index is 1.54. The average molecular weight is 359 g/mol. The van der Waals surface area contributed by atoms with Crippen LogP contribution in [0.4, 0.5) is 0 Å². The molecule has 1 aliphatic carbocycles. The van der Waals surface area contributed by atoms with E-state index in [1.807, 2.05) is 43.3 Å². The lowest BCUT2D eigenvalue weighted by Crippen LogP contribution is -2.51. The van der Waals surface area contributed by atoms with Crippen molar-refractivity contribution in [3.8, 4) is 5.75 Å². The van der Waals surface area contributed by atoms with Gasteiger partial charge in [0, 0.05) is 17.6 Å². The van der Waals surface area contributed by atoms with Crippen molar-refractivity contribution in [2.75, 3.05) is 13.2 Å². The van der Waals surface area contributed by atoms with Gasteiger partial charge in [-0.05, 0) is 51.3 Å². The molecule has 134 valence electrons. The Kier molecular flexibility index (Phi) is 5.83. The first-order valence-corrected chi connectivity index (χ1v) is 9.49. The van der Waals surface area contributed by atoms with Crippen molar-refractivity contribution in [1.82, 2.24) is 15.5 Å². The molecule has 1 aromatic carbocycles. The number of aryl methyl sites for hydroxylation is 1. The number of para-hydroxylation sites is 1. The Hall–Kier alpha value is -1.76. The Morgan fingerprint density at radius 2 is 2.12 bits per heavy atom. The number of rotatable bonds is 8. The van der Waals surface area contributed by atoms with Crippen LogP contribution in [-0.4, -0.2) is 40.1 Å². The monoisotopic (exact) mass is 359 g/mol. The molecule has 1 saturated carbocycles. The van der Waals surface area contributed by atoms with Gasteiger partial charge in [-0.15, -0.1) is 10.2 Å². The van der Waals surface area contributed by atoms with Crippen LogP contribution in [0.2, 0.25) is 0 Å². The van der Waals surface area contributed by atoms with Crippen LogP contribution in [0.15, 0.2) is 24.3 Å². The minimum Gasteiger partial charge on any atom is -0.490 e. The van der Waals surface area contributed by atoms with E-state index in [1.165, 1.54) is 19.3 Å². The molecule has 0 radical (unpaired) electrons. The summed E-state index contributed by atoms with van der Waals surface area (Å²) in [5.74, 6) is 0.758. The van der Waals surface area contributed by atoms with Crippen LogP contribution >= 0.6 is 11.3 Å². The summed E-state index contributed by atoms with van der Waals surface area (Å²) in [5.41, 5.74) is 1.16. The van der Waals surface area contributed by atoms with Crippen molar-refractivity contribution in [3.05, 3.63) is 39.8 Å². The molecular formula is C19H25N3O2S. The summed E-state index contributed by atoms with van der Waals surface area (Å²) in [6, 6.07) is 7.80. The third-order valence-electron chi connectivity index (χ3n) is 4.52. The lowest BCUT2D eigenvalue weighted by molar-refractivity contribution is 0.0867. The van der Waals surface area contributed by atoms with Gasteiger partial charge in [0.25, 0.3) is 0 Å². The van der Waals surface area contributed by atoms with E-state index in [4.69, 9.17) is 4.74 Å². The first-order chi connectivity index (χ1) is 12.0. The van der Waals surface area contributed by atoms with E-state index in [-0.39, 0.29) is 12.1 Å². The zero-order valence-corrected chi connectivity index (χ0v) is 15.6. The number of nitrogens with one attached hydrogen (secondary N) is 1. The van der Waals surface area contributed by atoms with E-state index in [2.05, 4.69) is 22.4 Å². The molecular weight excluding hydrogens is 334 g/mol. The fraction of sp³-hybridized carbons (Fsp3) is 0.474. The zero-order valence-electron chi connectivity index (χ0n) is 14.7. The highest BCUT2D eigenvalue weighted by atomic mass is 32.1. The van der Waals surface area contributed by atoms with Gasteiger partial charge in [-0.25, -0.2) is 0 Å². The fourth-order valence-electron chi connectivity index (χ4n) is 2.78. The molecule has 0 spiro atoms. The first-order valence-electron chi connectivity index (χ1n) is 8.67. The van der Waals surface area contributed by atoms with Crippen LogP contribution in [0.1, 0.15) is 41.8 Å². The average Bonchev–Trinajstić information content (AvgIpc) is 3.00. The molecule has 0 saturated heterocycles. The maximum absolute atomic E-state index is 10.2. The van der Waals surface area contributed by atoms with Gasteiger partial charge in [-0.3, -0.25) is 0 Å². The number of aromatic nitrogens is 2. The highest BCUT2D eigenvalue weighted by Crippen LogP contribution is 2.30. The van der Waals surface area contributed by atoms with Gasteiger partial charge < -0.3 is 15.2 Å². The SMILES string of the molecule is Cc1nnc(C=Cc2ccccc2OCC(O)CNC2(C)CCC2)s1. The number of benzene rings is 1. The van der Waals surface area contributed by atoms with E-state index in [0.29, 0.717) is 6.54 Å². The minimum absolute atomic E-state index is 0.196. The zero-order chi connectivity index (χ0) is 17.7. The smallest absolute Gasteiger partial charge is 0.140 e. The Morgan fingerprint density at radius 3 is 2.80 bits per heavy atom. The molecule has 1 unspecified atom stereocenters. The Labute approximate surface area is 152 Å². The largest absolute Gasteiger partial charge is 0.490 e. The van der Waals surface area contributed by atoms with Gasteiger partial charge in [0.1, 0.15) is 28.5 Å². The standard InChI is InChI=1S/C19H25N3O2S/c1-14-21-22-18(25-14)9-8-15-6-3-4-7-17(15)24-13-16(23)12-20-19(2)10-5-11-19/h3-4,6-9,16,20,23H,5,10-13H2,1-2H3. The van der Waals surface area contributed by atoms with E-state index in [1.54, 1.807) is 11.3 Å². The Morgan fingerprint density at radius 1 is 1.32 bits per heavy atom. The fourth-order valence-corrected chi connectivity index (χ4v) is 3.38. The van der Waals surface area contributed by atoms with Gasteiger partial charge in [0.2, 0.25) is 0 Å². The molecule has 5 nitrogen and oxygen atoms in total. The highest BCUT2D eigenvalue weighted by Gasteiger charge is 2.31. The molecule has 6 heteroatoms. The van der Waals surface area contributed by atoms with Crippen LogP contribution in [0, 0.1) is 6.92 Å². The van der Waals surface area contributed by atoms with Crippen molar-refractivity contribution in [1.29, 1.82) is 0 Å². The number of nitrogens with zero attached hydrogens (tertiary/aromatic N) is 2. The van der Waals surface area contributed by atoms with Gasteiger partial charge in [-0.2, -0.15) is 0 Å². The molecule has 2 N–H and O–H groups in total. The maximum atomic E-state index is 10.2. The lowest BCUT2D eigenvalue weighted by Gasteiger charge is -2.40. The molecule has 1 aliphatic rings. The molecule has 0 amide bonds. The normalized spacial score (nSPS) is 17.4. The molecule has 1 fully saturated rings. The van der Waals surface area contributed by atoms with E-state index in [9.17, 15) is 5.11 Å². The number of aliphatic hydroxyl groups is 1. The van der Waals surface area contributed by atoms with Gasteiger partial charge in [0.05, 0.1) is 0 Å². The summed E-state index contributed by atoms with van der Waals surface area (Å²) < 4.78 is 5.84. The highest BCUT2D eigenvalue weighted by molar-refractivity contribution is 7.12. The predicted molar refractivity (Wildman–Crippen MR) is 102 cm³/mol. The van der Waals surface area contributed by atoms with Crippen LogP contribution in [-0.2, 0) is 0 Å². The van der Waals surface area contributed by atoms with Gasteiger partial charge in [-0.1, -0.05) is 29.5 Å². The number of aliphatic hydroxyl groups excluding tert-OH is 1. The maximum Gasteiger partial charge on any atom is 0.140 e. The topological polar surface area (TPSA) is 67.3 Å². The van der Waals surface area contributed by atoms with Crippen LogP contribution in [0.5, 0.6) is 5.75 Å². The number of hydrogen-bond acceptors (Lipinski definition) is 6. The summed E-state index contributed by atoms with van der Waals surface area (Å²) in [6.07, 6.45) is 7.00. The van der Waals surface area contributed by atoms with Gasteiger partial charge in [0.15, 0.2) is 0 Å². The molecule has 2 aromatic rings. The summed E-state index contributed by atoms with van der Waals surface area (Å²) >= 11 is 1.55. The predicted octanol–water partition coefficient (Wildman–Crippen LogP) is 3.29. The van der Waals surface area contributed by atoms with Crippen LogP contribution in [0.3, 0.4) is 0 Å². The third-order valence-corrected chi connectivity index (χ3v) is 5.32. The molecule has 25 heavy (non-hydrogen) atoms. The second-order valence-corrected chi connectivity index (χ2v) is 8.00. The number of β-amino-alcohol motifs (C(OH)–C–C–N with tert-alkyl or cyclic N) is 1. The van der Waals surface area contributed by atoms with Crippen molar-refractivity contribution in [3.63, 3.8) is 0 Å². The molecule has 1 heterocycles. The molecule has 0 bridgehead atoms. The summed E-state index contributed by atoms with van der Waals surface area (Å²) in [5, 5.41) is 23.5. The van der Waals surface area contributed by atoms with E-state index >= 15 is 0 Å². The molecule has 1 atom stereocenters. The van der Waals surface area contributed by atoms with Crippen LogP contribution in [0.25, 0.3) is 12.2 Å². The summed E-state index contributed by atoms with van der Waals surface area (Å²) in [7, 11) is 0. The minimum atomic E-state index is -0.528.